The number of hydrogen-bond donors (Lipinski definition) is 0. The number of pyridine rings is 1. The maximum atomic E-state index is 5.65. The molecule has 2 heterocycles. The molecule has 0 fully saturated rings. The highest BCUT2D eigenvalue weighted by Gasteiger charge is 2.13. The fourth-order valence-corrected chi connectivity index (χ4v) is 2.97. The van der Waals surface area contributed by atoms with Gasteiger partial charge < -0.3 is 4.74 Å². The number of aromatic nitrogens is 5. The molecule has 0 radical (unpaired) electrons. The van der Waals surface area contributed by atoms with E-state index in [1.807, 2.05) is 55.6 Å². The molecule has 0 aliphatic heterocycles. The van der Waals surface area contributed by atoms with E-state index in [4.69, 9.17) is 4.74 Å². The van der Waals surface area contributed by atoms with Gasteiger partial charge in [-0.15, -0.1) is 5.10 Å². The predicted molar refractivity (Wildman–Crippen MR) is 89.0 cm³/mol. The zero-order valence-electron chi connectivity index (χ0n) is 12.8. The van der Waals surface area contributed by atoms with E-state index >= 15 is 0 Å². The Morgan fingerprint density at radius 2 is 2.00 bits per heavy atom. The van der Waals surface area contributed by atoms with E-state index in [2.05, 4.69) is 20.5 Å². The first kappa shape index (κ1) is 15.5. The molecule has 0 amide bonds. The Labute approximate surface area is 138 Å². The first-order valence-corrected chi connectivity index (χ1v) is 8.40. The van der Waals surface area contributed by atoms with Crippen LogP contribution in [0.15, 0.2) is 53.8 Å². The van der Waals surface area contributed by atoms with Crippen molar-refractivity contribution in [1.29, 1.82) is 0 Å². The Bertz CT molecular complexity index is 747. The third kappa shape index (κ3) is 3.87. The number of benzene rings is 1. The molecule has 0 spiro atoms. The van der Waals surface area contributed by atoms with Crippen molar-refractivity contribution in [3.05, 3.63) is 54.4 Å². The van der Waals surface area contributed by atoms with Crippen LogP contribution >= 0.6 is 11.8 Å². The summed E-state index contributed by atoms with van der Waals surface area (Å²) < 4.78 is 7.37. The number of tetrazole rings is 1. The van der Waals surface area contributed by atoms with Gasteiger partial charge in [0.1, 0.15) is 11.4 Å². The molecule has 3 aromatic rings. The van der Waals surface area contributed by atoms with E-state index in [9.17, 15) is 0 Å². The highest BCUT2D eigenvalue weighted by atomic mass is 32.2. The molecule has 118 valence electrons. The molecule has 23 heavy (non-hydrogen) atoms. The van der Waals surface area contributed by atoms with Crippen molar-refractivity contribution in [2.45, 2.75) is 18.5 Å². The Morgan fingerprint density at radius 1 is 1.13 bits per heavy atom. The molecule has 0 unspecified atom stereocenters. The summed E-state index contributed by atoms with van der Waals surface area (Å²) in [6, 6.07) is 13.7. The molecule has 1 aromatic carbocycles. The van der Waals surface area contributed by atoms with Crippen LogP contribution in [0.1, 0.15) is 12.6 Å². The summed E-state index contributed by atoms with van der Waals surface area (Å²) in [6.45, 7) is 2.56. The second-order valence-corrected chi connectivity index (χ2v) is 5.76. The quantitative estimate of drug-likeness (QED) is 0.622. The lowest BCUT2D eigenvalue weighted by Gasteiger charge is -2.10. The normalized spacial score (nSPS) is 10.7. The van der Waals surface area contributed by atoms with Gasteiger partial charge in [0.15, 0.2) is 0 Å². The molecule has 0 aliphatic carbocycles. The third-order valence-electron chi connectivity index (χ3n) is 3.15. The van der Waals surface area contributed by atoms with Gasteiger partial charge in [0.2, 0.25) is 5.16 Å². The van der Waals surface area contributed by atoms with E-state index in [1.165, 1.54) is 0 Å². The summed E-state index contributed by atoms with van der Waals surface area (Å²) in [5, 5.41) is 12.7. The molecule has 0 saturated heterocycles. The second kappa shape index (κ2) is 7.73. The zero-order valence-corrected chi connectivity index (χ0v) is 13.6. The van der Waals surface area contributed by atoms with Crippen LogP contribution in [0.5, 0.6) is 5.75 Å². The number of para-hydroxylation sites is 2. The van der Waals surface area contributed by atoms with E-state index in [0.717, 1.165) is 34.5 Å². The van der Waals surface area contributed by atoms with Gasteiger partial charge in [-0.2, -0.15) is 4.68 Å². The van der Waals surface area contributed by atoms with Crippen LogP contribution in [0, 0.1) is 0 Å². The molecule has 6 nitrogen and oxygen atoms in total. The van der Waals surface area contributed by atoms with Gasteiger partial charge in [0.25, 0.3) is 0 Å². The second-order valence-electron chi connectivity index (χ2n) is 4.69. The Kier molecular flexibility index (Phi) is 5.21. The summed E-state index contributed by atoms with van der Waals surface area (Å²) in [6.07, 6.45) is 2.67. The summed E-state index contributed by atoms with van der Waals surface area (Å²) >= 11 is 1.60. The first-order chi connectivity index (χ1) is 11.4. The Hall–Kier alpha value is -2.41. The molecule has 2 aromatic heterocycles. The predicted octanol–water partition coefficient (Wildman–Crippen LogP) is 2.79. The molecule has 0 bridgehead atoms. The van der Waals surface area contributed by atoms with E-state index in [1.54, 1.807) is 16.4 Å². The van der Waals surface area contributed by atoms with E-state index in [-0.39, 0.29) is 0 Å². The first-order valence-electron chi connectivity index (χ1n) is 7.41. The van der Waals surface area contributed by atoms with Crippen LogP contribution in [0.4, 0.5) is 0 Å². The summed E-state index contributed by atoms with van der Waals surface area (Å²) in [5.74, 6) is 1.63. The van der Waals surface area contributed by atoms with Gasteiger partial charge in [-0.3, -0.25) is 4.98 Å². The van der Waals surface area contributed by atoms with Gasteiger partial charge in [0, 0.05) is 17.6 Å². The highest BCUT2D eigenvalue weighted by Crippen LogP contribution is 2.26. The van der Waals surface area contributed by atoms with E-state index in [0.29, 0.717) is 6.61 Å². The van der Waals surface area contributed by atoms with Crippen LogP contribution < -0.4 is 4.74 Å². The third-order valence-corrected chi connectivity index (χ3v) is 4.07. The molecule has 0 N–H and O–H groups in total. The standard InChI is InChI=1S/C16H17N5OS/c1-2-22-15-9-4-3-8-14(15)21-16(18-19-20-21)23-12-10-13-7-5-6-11-17-13/h3-9,11H,2,10,12H2,1H3. The SMILES string of the molecule is CCOc1ccccc1-n1nnnc1SCCc1ccccn1. The van der Waals surface area contributed by atoms with Crippen LogP contribution in [0.3, 0.4) is 0 Å². The van der Waals surface area contributed by atoms with Crippen molar-refractivity contribution >= 4 is 11.8 Å². The minimum atomic E-state index is 0.599. The lowest BCUT2D eigenvalue weighted by molar-refractivity contribution is 0.337. The maximum Gasteiger partial charge on any atom is 0.214 e. The van der Waals surface area contributed by atoms with Crippen LogP contribution in [-0.4, -0.2) is 37.6 Å². The Balaban J connectivity index is 1.72. The van der Waals surface area contributed by atoms with Gasteiger partial charge in [-0.05, 0) is 48.0 Å². The molecular weight excluding hydrogens is 310 g/mol. The summed E-state index contributed by atoms with van der Waals surface area (Å²) in [4.78, 5) is 4.32. The average molecular weight is 327 g/mol. The maximum absolute atomic E-state index is 5.65. The molecule has 0 atom stereocenters. The number of rotatable bonds is 7. The van der Waals surface area contributed by atoms with Gasteiger partial charge >= 0.3 is 0 Å². The lowest BCUT2D eigenvalue weighted by atomic mass is 10.3. The molecular formula is C16H17N5OS. The summed E-state index contributed by atoms with van der Waals surface area (Å²) in [7, 11) is 0. The van der Waals surface area contributed by atoms with Crippen molar-refractivity contribution < 1.29 is 4.74 Å². The largest absolute Gasteiger partial charge is 0.492 e. The topological polar surface area (TPSA) is 65.7 Å². The average Bonchev–Trinajstić information content (AvgIpc) is 3.05. The van der Waals surface area contributed by atoms with Crippen LogP contribution in [0.2, 0.25) is 0 Å². The zero-order chi connectivity index (χ0) is 15.9. The molecule has 7 heteroatoms. The van der Waals surface area contributed by atoms with Crippen molar-refractivity contribution in [1.82, 2.24) is 25.2 Å². The smallest absolute Gasteiger partial charge is 0.214 e. The fourth-order valence-electron chi connectivity index (χ4n) is 2.12. The van der Waals surface area contributed by atoms with Crippen molar-refractivity contribution in [3.8, 4) is 11.4 Å². The molecule has 0 aliphatic rings. The molecule has 3 rings (SSSR count). The van der Waals surface area contributed by atoms with Gasteiger partial charge in [-0.1, -0.05) is 30.0 Å². The number of thioether (sulfide) groups is 1. The van der Waals surface area contributed by atoms with Crippen LogP contribution in [0.25, 0.3) is 5.69 Å². The number of ether oxygens (including phenoxy) is 1. The fraction of sp³-hybridized carbons (Fsp3) is 0.250. The van der Waals surface area contributed by atoms with Crippen molar-refractivity contribution in [2.24, 2.45) is 0 Å². The Morgan fingerprint density at radius 3 is 2.83 bits per heavy atom. The minimum absolute atomic E-state index is 0.599. The van der Waals surface area contributed by atoms with Crippen LogP contribution in [-0.2, 0) is 6.42 Å². The monoisotopic (exact) mass is 327 g/mol. The van der Waals surface area contributed by atoms with Crippen molar-refractivity contribution in [2.75, 3.05) is 12.4 Å². The van der Waals surface area contributed by atoms with Gasteiger partial charge in [0.05, 0.1) is 6.61 Å². The van der Waals surface area contributed by atoms with Gasteiger partial charge in [-0.25, -0.2) is 0 Å². The minimum Gasteiger partial charge on any atom is -0.492 e. The number of nitrogens with zero attached hydrogens (tertiary/aromatic N) is 5. The molecule has 0 saturated carbocycles. The number of hydrogen-bond acceptors (Lipinski definition) is 6. The van der Waals surface area contributed by atoms with Crippen molar-refractivity contribution in [3.63, 3.8) is 0 Å². The highest BCUT2D eigenvalue weighted by molar-refractivity contribution is 7.99. The number of aryl methyl sites for hydroxylation is 1. The van der Waals surface area contributed by atoms with E-state index < -0.39 is 0 Å². The summed E-state index contributed by atoms with van der Waals surface area (Å²) in [5.41, 5.74) is 1.91. The lowest BCUT2D eigenvalue weighted by Crippen LogP contribution is -2.04.